The highest BCUT2D eigenvalue weighted by molar-refractivity contribution is 5.93. The molecule has 0 radical (unpaired) electrons. The highest BCUT2D eigenvalue weighted by Gasteiger charge is 2.31. The number of nitrogens with one attached hydrogen (secondary N) is 2. The van der Waals surface area contributed by atoms with Crippen molar-refractivity contribution in [3.8, 4) is 0 Å². The minimum Gasteiger partial charge on any atom is -0.347 e. The van der Waals surface area contributed by atoms with Crippen molar-refractivity contribution < 1.29 is 9.59 Å². The maximum Gasteiger partial charge on any atom is 0.272 e. The van der Waals surface area contributed by atoms with Crippen molar-refractivity contribution in [1.29, 1.82) is 0 Å². The van der Waals surface area contributed by atoms with Crippen LogP contribution < -0.4 is 10.6 Å². The number of aryl methyl sites for hydroxylation is 2. The van der Waals surface area contributed by atoms with Gasteiger partial charge in [-0.25, -0.2) is 0 Å². The molecule has 1 aromatic heterocycles. The summed E-state index contributed by atoms with van der Waals surface area (Å²) in [6.45, 7) is 0.884. The first-order chi connectivity index (χ1) is 12.2. The molecule has 0 aliphatic carbocycles. The van der Waals surface area contributed by atoms with Crippen molar-refractivity contribution in [3.05, 3.63) is 53.3 Å². The maximum absolute atomic E-state index is 12.7. The van der Waals surface area contributed by atoms with E-state index in [-0.39, 0.29) is 23.9 Å². The van der Waals surface area contributed by atoms with E-state index in [1.807, 2.05) is 41.1 Å². The average Bonchev–Trinajstić information content (AvgIpc) is 3.08. The van der Waals surface area contributed by atoms with E-state index in [9.17, 15) is 9.59 Å². The van der Waals surface area contributed by atoms with Gasteiger partial charge in [-0.15, -0.1) is 0 Å². The van der Waals surface area contributed by atoms with Gasteiger partial charge in [0.05, 0.1) is 12.1 Å². The quantitative estimate of drug-likeness (QED) is 0.898. The lowest BCUT2D eigenvalue weighted by molar-refractivity contribution is -0.123. The first-order valence-electron chi connectivity index (χ1n) is 8.92. The Balaban J connectivity index is 1.52. The second kappa shape index (κ2) is 6.70. The largest absolute Gasteiger partial charge is 0.347 e. The first kappa shape index (κ1) is 15.9. The predicted molar refractivity (Wildman–Crippen MR) is 93.0 cm³/mol. The molecule has 4 rings (SSSR count). The Kier molecular flexibility index (Phi) is 4.26. The fourth-order valence-corrected chi connectivity index (χ4v) is 3.70. The fourth-order valence-electron chi connectivity index (χ4n) is 3.70. The Morgan fingerprint density at radius 2 is 2.04 bits per heavy atom. The molecule has 0 unspecified atom stereocenters. The summed E-state index contributed by atoms with van der Waals surface area (Å²) in [4.78, 5) is 24.5. The Bertz CT molecular complexity index is 760. The molecule has 130 valence electrons. The maximum atomic E-state index is 12.7. The number of carbonyl (C=O) groups is 2. The zero-order valence-corrected chi connectivity index (χ0v) is 14.1. The van der Waals surface area contributed by atoms with E-state index in [0.29, 0.717) is 18.5 Å². The van der Waals surface area contributed by atoms with E-state index in [2.05, 4.69) is 15.7 Å². The molecule has 6 heteroatoms. The van der Waals surface area contributed by atoms with E-state index in [1.54, 1.807) is 0 Å². The predicted octanol–water partition coefficient (Wildman–Crippen LogP) is 1.97. The van der Waals surface area contributed by atoms with E-state index in [1.165, 1.54) is 0 Å². The smallest absolute Gasteiger partial charge is 0.272 e. The van der Waals surface area contributed by atoms with Gasteiger partial charge in [0, 0.05) is 18.7 Å². The monoisotopic (exact) mass is 338 g/mol. The summed E-state index contributed by atoms with van der Waals surface area (Å²) >= 11 is 0. The summed E-state index contributed by atoms with van der Waals surface area (Å²) in [6.07, 6.45) is 4.29. The lowest BCUT2D eigenvalue weighted by Gasteiger charge is -2.33. The number of aromatic nitrogens is 2. The number of piperidine rings is 1. The van der Waals surface area contributed by atoms with Crippen molar-refractivity contribution in [1.82, 2.24) is 20.4 Å². The molecule has 2 aromatic rings. The van der Waals surface area contributed by atoms with Gasteiger partial charge in [0.2, 0.25) is 5.91 Å². The van der Waals surface area contributed by atoms with Gasteiger partial charge in [-0.3, -0.25) is 14.3 Å². The van der Waals surface area contributed by atoms with Crippen LogP contribution in [-0.2, 0) is 17.8 Å². The minimum absolute atomic E-state index is 0.0248. The fraction of sp³-hybridized carbons (Fsp3) is 0.421. The van der Waals surface area contributed by atoms with Gasteiger partial charge in [-0.2, -0.15) is 5.10 Å². The molecule has 1 fully saturated rings. The molecule has 6 nitrogen and oxygen atoms in total. The molecule has 0 spiro atoms. The van der Waals surface area contributed by atoms with Crippen molar-refractivity contribution in [3.63, 3.8) is 0 Å². The number of rotatable bonds is 3. The molecular weight excluding hydrogens is 316 g/mol. The van der Waals surface area contributed by atoms with Crippen molar-refractivity contribution in [2.45, 2.75) is 50.7 Å². The van der Waals surface area contributed by atoms with E-state index in [0.717, 1.165) is 37.1 Å². The third kappa shape index (κ3) is 3.29. The molecule has 2 aliphatic rings. The molecule has 1 aromatic carbocycles. The van der Waals surface area contributed by atoms with Crippen LogP contribution in [0.1, 0.15) is 53.5 Å². The second-order valence-electron chi connectivity index (χ2n) is 6.78. The minimum atomic E-state index is -0.205. The molecule has 2 aliphatic heterocycles. The lowest BCUT2D eigenvalue weighted by Crippen LogP contribution is -2.50. The number of carbonyl (C=O) groups excluding carboxylic acids is 2. The van der Waals surface area contributed by atoms with Gasteiger partial charge in [-0.05, 0) is 37.3 Å². The normalized spacial score (nSPS) is 22.8. The summed E-state index contributed by atoms with van der Waals surface area (Å²) in [6, 6.07) is 11.3. The average molecular weight is 338 g/mol. The number of fused-ring (bicyclic) bond motifs is 1. The van der Waals surface area contributed by atoms with Crippen LogP contribution in [-0.4, -0.2) is 27.6 Å². The Labute approximate surface area is 146 Å². The molecule has 1 saturated heterocycles. The number of benzene rings is 1. The summed E-state index contributed by atoms with van der Waals surface area (Å²) < 4.78 is 1.94. The zero-order valence-electron chi connectivity index (χ0n) is 14.1. The summed E-state index contributed by atoms with van der Waals surface area (Å²) in [5.41, 5.74) is 2.61. The van der Waals surface area contributed by atoms with Gasteiger partial charge < -0.3 is 10.6 Å². The van der Waals surface area contributed by atoms with Crippen LogP contribution in [0.2, 0.25) is 0 Å². The van der Waals surface area contributed by atoms with Crippen molar-refractivity contribution in [2.75, 3.05) is 0 Å². The van der Waals surface area contributed by atoms with Crippen LogP contribution in [0.5, 0.6) is 0 Å². The van der Waals surface area contributed by atoms with Gasteiger partial charge in [0.1, 0.15) is 5.69 Å². The SMILES string of the molecule is O=C1CC[C@@H](NC(=O)c2cc3n(n2)CCCC3)[C@H](c2ccccc2)N1. The third-order valence-corrected chi connectivity index (χ3v) is 5.03. The highest BCUT2D eigenvalue weighted by Crippen LogP contribution is 2.24. The molecule has 0 bridgehead atoms. The molecule has 25 heavy (non-hydrogen) atoms. The standard InChI is InChI=1S/C19H22N4O2/c24-17-10-9-15(18(21-17)13-6-2-1-3-7-13)20-19(25)16-12-14-8-4-5-11-23(14)22-16/h1-3,6-7,12,15,18H,4-5,8-11H2,(H,20,25)(H,21,24)/t15-,18+/m1/s1. The molecular formula is C19H22N4O2. The molecule has 0 saturated carbocycles. The Morgan fingerprint density at radius 1 is 1.20 bits per heavy atom. The van der Waals surface area contributed by atoms with Crippen molar-refractivity contribution in [2.24, 2.45) is 0 Å². The molecule has 2 atom stereocenters. The summed E-state index contributed by atoms with van der Waals surface area (Å²) in [5, 5.41) is 10.5. The van der Waals surface area contributed by atoms with E-state index < -0.39 is 0 Å². The van der Waals surface area contributed by atoms with Crippen molar-refractivity contribution >= 4 is 11.8 Å². The summed E-state index contributed by atoms with van der Waals surface area (Å²) in [5.74, 6) is -0.138. The molecule has 3 heterocycles. The lowest BCUT2D eigenvalue weighted by atomic mass is 9.92. The van der Waals surface area contributed by atoms with Crippen LogP contribution in [0.4, 0.5) is 0 Å². The number of amides is 2. The first-order valence-corrected chi connectivity index (χ1v) is 8.92. The van der Waals surface area contributed by atoms with Gasteiger partial charge in [0.25, 0.3) is 5.91 Å². The summed E-state index contributed by atoms with van der Waals surface area (Å²) in [7, 11) is 0. The van der Waals surface area contributed by atoms with Crippen LogP contribution >= 0.6 is 0 Å². The molecule has 2 amide bonds. The van der Waals surface area contributed by atoms with Gasteiger partial charge >= 0.3 is 0 Å². The van der Waals surface area contributed by atoms with Gasteiger partial charge in [-0.1, -0.05) is 30.3 Å². The highest BCUT2D eigenvalue weighted by atomic mass is 16.2. The van der Waals surface area contributed by atoms with Crippen LogP contribution in [0, 0.1) is 0 Å². The zero-order chi connectivity index (χ0) is 17.2. The van der Waals surface area contributed by atoms with Crippen LogP contribution in [0.3, 0.4) is 0 Å². The number of hydrogen-bond acceptors (Lipinski definition) is 3. The van der Waals surface area contributed by atoms with Crippen LogP contribution in [0.25, 0.3) is 0 Å². The topological polar surface area (TPSA) is 76.0 Å². The Hall–Kier alpha value is -2.63. The van der Waals surface area contributed by atoms with Crippen LogP contribution in [0.15, 0.2) is 36.4 Å². The number of hydrogen-bond donors (Lipinski definition) is 2. The number of nitrogens with zero attached hydrogens (tertiary/aromatic N) is 2. The Morgan fingerprint density at radius 3 is 2.84 bits per heavy atom. The molecule has 2 N–H and O–H groups in total. The van der Waals surface area contributed by atoms with E-state index in [4.69, 9.17) is 0 Å². The van der Waals surface area contributed by atoms with E-state index >= 15 is 0 Å². The van der Waals surface area contributed by atoms with Gasteiger partial charge in [0.15, 0.2) is 0 Å². The second-order valence-corrected chi connectivity index (χ2v) is 6.78. The third-order valence-electron chi connectivity index (χ3n) is 5.03.